The Balaban J connectivity index is 0.000000205. The first-order valence-electron chi connectivity index (χ1n) is 3.65. The summed E-state index contributed by atoms with van der Waals surface area (Å²) in [5.74, 6) is 0. The van der Waals surface area contributed by atoms with Gasteiger partial charge in [0.15, 0.2) is 0 Å². The number of nitrogens with one attached hydrogen (secondary N) is 3. The maximum atomic E-state index is 3.43. The van der Waals surface area contributed by atoms with Crippen molar-refractivity contribution in [3.63, 3.8) is 0 Å². The van der Waals surface area contributed by atoms with Gasteiger partial charge in [-0.25, -0.2) is 0 Å². The standard InChI is InChI=1S/3C2H2N3.Zn/c3*1-3-2-5-4-1;/h3*1H,(H,3,4,5);/q3*-1;. The summed E-state index contributed by atoms with van der Waals surface area (Å²) in [7, 11) is 0. The summed E-state index contributed by atoms with van der Waals surface area (Å²) in [5.41, 5.74) is 0. The van der Waals surface area contributed by atoms with E-state index in [-0.39, 0.29) is 19.5 Å². The van der Waals surface area contributed by atoms with Crippen LogP contribution in [0.5, 0.6) is 0 Å². The summed E-state index contributed by atoms with van der Waals surface area (Å²) >= 11 is 0. The smallest absolute Gasteiger partial charge is 0 e. The maximum Gasteiger partial charge on any atom is 0 e. The molecule has 0 aliphatic rings. The molecule has 3 heterocycles. The number of aromatic amines is 3. The van der Waals surface area contributed by atoms with Crippen molar-refractivity contribution in [3.8, 4) is 0 Å². The monoisotopic (exact) mass is 268 g/mol. The van der Waals surface area contributed by atoms with Gasteiger partial charge in [-0.1, -0.05) is 0 Å². The topological polar surface area (TPSA) is 125 Å². The van der Waals surface area contributed by atoms with Crippen molar-refractivity contribution in [3.05, 3.63) is 38.0 Å². The van der Waals surface area contributed by atoms with Crippen LogP contribution in [-0.4, -0.2) is 45.5 Å². The van der Waals surface area contributed by atoms with E-state index >= 15 is 0 Å². The average Bonchev–Trinajstić information content (AvgIpc) is 3.09. The van der Waals surface area contributed by atoms with Crippen molar-refractivity contribution in [2.75, 3.05) is 0 Å². The molecule has 80 valence electrons. The molecule has 10 heteroatoms. The Morgan fingerprint density at radius 3 is 1.00 bits per heavy atom. The van der Waals surface area contributed by atoms with E-state index in [4.69, 9.17) is 0 Å². The molecule has 3 aromatic heterocycles. The molecular weight excluding hydrogens is 264 g/mol. The van der Waals surface area contributed by atoms with Crippen LogP contribution in [-0.2, 0) is 19.5 Å². The molecule has 0 unspecified atom stereocenters. The van der Waals surface area contributed by atoms with Crippen molar-refractivity contribution in [2.45, 2.75) is 0 Å². The maximum absolute atomic E-state index is 3.43. The third-order valence-electron chi connectivity index (χ3n) is 0.884. The predicted molar refractivity (Wildman–Crippen MR) is 45.7 cm³/mol. The number of hydrogen-bond acceptors (Lipinski definition) is 6. The second-order valence-electron chi connectivity index (χ2n) is 1.80. The van der Waals surface area contributed by atoms with E-state index in [9.17, 15) is 0 Å². The van der Waals surface area contributed by atoms with E-state index in [0.29, 0.717) is 0 Å². The zero-order valence-corrected chi connectivity index (χ0v) is 11.1. The minimum Gasteiger partial charge on any atom is -0.421 e. The van der Waals surface area contributed by atoms with Crippen LogP contribution < -0.4 is 0 Å². The molecule has 0 fully saturated rings. The minimum absolute atomic E-state index is 0. The SMILES string of the molecule is [Zn].[c-]1nc[nH]n1.[c-]1nc[nH]n1.[c-]1nc[nH]n1. The van der Waals surface area contributed by atoms with Crippen LogP contribution in [0.15, 0.2) is 19.0 Å². The van der Waals surface area contributed by atoms with Crippen molar-refractivity contribution in [1.29, 1.82) is 0 Å². The molecule has 0 amide bonds. The average molecular weight is 270 g/mol. The van der Waals surface area contributed by atoms with Crippen molar-refractivity contribution in [2.24, 2.45) is 0 Å². The quantitative estimate of drug-likeness (QED) is 0.348. The molecule has 3 N–H and O–H groups in total. The zero-order valence-electron chi connectivity index (χ0n) is 8.12. The van der Waals surface area contributed by atoms with Crippen LogP contribution in [0.2, 0.25) is 0 Å². The van der Waals surface area contributed by atoms with Gasteiger partial charge in [0, 0.05) is 19.5 Å². The van der Waals surface area contributed by atoms with E-state index in [1.807, 2.05) is 0 Å². The fraction of sp³-hybridized carbons (Fsp3) is 0. The Bertz CT molecular complexity index is 252. The largest absolute Gasteiger partial charge is 0.421 e. The normalized spacial score (nSPS) is 7.50. The van der Waals surface area contributed by atoms with Gasteiger partial charge < -0.3 is 30.2 Å². The molecule has 0 saturated heterocycles. The number of H-pyrrole nitrogens is 3. The molecular formula is C6H6N9Zn-3. The van der Waals surface area contributed by atoms with Crippen LogP contribution in [0.3, 0.4) is 0 Å². The fourth-order valence-corrected chi connectivity index (χ4v) is 0.433. The van der Waals surface area contributed by atoms with Gasteiger partial charge in [0.1, 0.15) is 0 Å². The van der Waals surface area contributed by atoms with Crippen LogP contribution >= 0.6 is 0 Å². The van der Waals surface area contributed by atoms with Crippen LogP contribution in [0.4, 0.5) is 0 Å². The van der Waals surface area contributed by atoms with Gasteiger partial charge >= 0.3 is 0 Å². The van der Waals surface area contributed by atoms with Gasteiger partial charge in [-0.15, -0.1) is 0 Å². The van der Waals surface area contributed by atoms with Gasteiger partial charge in [0.05, 0.1) is 0 Å². The first-order valence-corrected chi connectivity index (χ1v) is 3.65. The molecule has 3 rings (SSSR count). The summed E-state index contributed by atoms with van der Waals surface area (Å²) in [5, 5.41) is 17.4. The second-order valence-corrected chi connectivity index (χ2v) is 1.80. The Kier molecular flexibility index (Phi) is 9.76. The molecule has 0 spiro atoms. The van der Waals surface area contributed by atoms with E-state index in [1.165, 1.54) is 19.0 Å². The Hall–Kier alpha value is -1.96. The Morgan fingerprint density at radius 1 is 0.625 bits per heavy atom. The second kappa shape index (κ2) is 11.1. The summed E-state index contributed by atoms with van der Waals surface area (Å²) in [4.78, 5) is 10.3. The molecule has 3 aromatic rings. The van der Waals surface area contributed by atoms with E-state index in [1.54, 1.807) is 0 Å². The van der Waals surface area contributed by atoms with Crippen molar-refractivity contribution >= 4 is 0 Å². The van der Waals surface area contributed by atoms with Gasteiger partial charge in [0.25, 0.3) is 0 Å². The number of rotatable bonds is 0. The van der Waals surface area contributed by atoms with Crippen LogP contribution in [0, 0.1) is 19.0 Å². The first kappa shape index (κ1) is 14.0. The van der Waals surface area contributed by atoms with Gasteiger partial charge in [0.2, 0.25) is 0 Å². The van der Waals surface area contributed by atoms with Gasteiger partial charge in [-0.2, -0.15) is 0 Å². The molecule has 0 bridgehead atoms. The Morgan fingerprint density at radius 2 is 0.938 bits per heavy atom. The van der Waals surface area contributed by atoms with Crippen LogP contribution in [0.25, 0.3) is 0 Å². The summed E-state index contributed by atoms with van der Waals surface area (Å²) in [6.07, 6.45) is 11.3. The van der Waals surface area contributed by atoms with E-state index < -0.39 is 0 Å². The molecule has 0 saturated carbocycles. The predicted octanol–water partition coefficient (Wildman–Crippen LogP) is -1.19. The van der Waals surface area contributed by atoms with Crippen molar-refractivity contribution in [1.82, 2.24) is 45.5 Å². The fourth-order valence-electron chi connectivity index (χ4n) is 0.433. The molecule has 0 aliphatic heterocycles. The van der Waals surface area contributed by atoms with E-state index in [0.717, 1.165) is 0 Å². The third-order valence-corrected chi connectivity index (χ3v) is 0.884. The molecule has 0 aromatic carbocycles. The van der Waals surface area contributed by atoms with Crippen LogP contribution in [0.1, 0.15) is 0 Å². The molecule has 0 aliphatic carbocycles. The first-order chi connectivity index (χ1) is 7.50. The summed E-state index contributed by atoms with van der Waals surface area (Å²) < 4.78 is 0. The third kappa shape index (κ3) is 8.63. The van der Waals surface area contributed by atoms with Crippen molar-refractivity contribution < 1.29 is 19.5 Å². The number of aromatic nitrogens is 9. The number of nitrogens with zero attached hydrogens (tertiary/aromatic N) is 6. The Labute approximate surface area is 103 Å². The molecule has 0 radical (unpaired) electrons. The summed E-state index contributed by atoms with van der Waals surface area (Å²) in [6, 6.07) is 0. The minimum atomic E-state index is 0. The van der Waals surface area contributed by atoms with Gasteiger partial charge in [-0.05, 0) is 38.0 Å². The number of hydrogen-bond donors (Lipinski definition) is 3. The molecule has 9 nitrogen and oxygen atoms in total. The molecule has 16 heavy (non-hydrogen) atoms. The zero-order chi connectivity index (χ0) is 10.6. The van der Waals surface area contributed by atoms with E-state index in [2.05, 4.69) is 64.5 Å². The molecule has 0 atom stereocenters. The van der Waals surface area contributed by atoms with Gasteiger partial charge in [-0.3, -0.25) is 15.3 Å². The summed E-state index contributed by atoms with van der Waals surface area (Å²) in [6.45, 7) is 0.